The Hall–Kier alpha value is -2.87. The van der Waals surface area contributed by atoms with Crippen LogP contribution in [-0.2, 0) is 17.5 Å². The molecule has 1 fully saturated rings. The third-order valence-corrected chi connectivity index (χ3v) is 4.74. The smallest absolute Gasteiger partial charge is 0.368 e. The van der Waals surface area contributed by atoms with Crippen LogP contribution in [0.4, 0.5) is 18.9 Å². The minimum absolute atomic E-state index is 0.322. The summed E-state index contributed by atoms with van der Waals surface area (Å²) in [6.07, 6.45) is -3.03. The van der Waals surface area contributed by atoms with Crippen molar-refractivity contribution in [2.45, 2.75) is 31.6 Å². The summed E-state index contributed by atoms with van der Waals surface area (Å²) in [5, 5.41) is 2.52. The van der Waals surface area contributed by atoms with Crippen molar-refractivity contribution in [3.8, 4) is 0 Å². The molecule has 28 heavy (non-hydrogen) atoms. The number of hydrogen-bond acceptors (Lipinski definition) is 3. The van der Waals surface area contributed by atoms with Crippen LogP contribution < -0.4 is 11.1 Å². The van der Waals surface area contributed by atoms with Crippen LogP contribution in [0.3, 0.4) is 0 Å². The van der Waals surface area contributed by atoms with Crippen molar-refractivity contribution in [1.82, 2.24) is 4.90 Å². The highest BCUT2D eigenvalue weighted by molar-refractivity contribution is 6.05. The average molecular weight is 391 g/mol. The topological polar surface area (TPSA) is 75.4 Å². The van der Waals surface area contributed by atoms with Crippen LogP contribution >= 0.6 is 0 Å². The van der Waals surface area contributed by atoms with E-state index in [4.69, 9.17) is 5.73 Å². The molecule has 1 heterocycles. The number of primary amides is 1. The second-order valence-electron chi connectivity index (χ2n) is 6.73. The number of alkyl halides is 3. The fraction of sp³-hybridized carbons (Fsp3) is 0.300. The predicted octanol–water partition coefficient (Wildman–Crippen LogP) is 3.41. The van der Waals surface area contributed by atoms with Crippen molar-refractivity contribution in [3.05, 3.63) is 65.2 Å². The highest BCUT2D eigenvalue weighted by atomic mass is 19.4. The van der Waals surface area contributed by atoms with E-state index in [0.29, 0.717) is 18.7 Å². The van der Waals surface area contributed by atoms with Crippen molar-refractivity contribution in [3.63, 3.8) is 0 Å². The Labute approximate surface area is 160 Å². The fourth-order valence-corrected chi connectivity index (χ4v) is 3.45. The van der Waals surface area contributed by atoms with Gasteiger partial charge in [-0.1, -0.05) is 24.3 Å². The normalized spacial score (nSPS) is 17.5. The molecule has 0 bridgehead atoms. The lowest BCUT2D eigenvalue weighted by Crippen LogP contribution is -2.39. The third-order valence-electron chi connectivity index (χ3n) is 4.74. The predicted molar refractivity (Wildman–Crippen MR) is 98.5 cm³/mol. The van der Waals surface area contributed by atoms with Gasteiger partial charge in [0.15, 0.2) is 0 Å². The molecule has 5 nitrogen and oxygen atoms in total. The number of rotatable bonds is 5. The molecule has 1 aliphatic heterocycles. The van der Waals surface area contributed by atoms with Gasteiger partial charge in [-0.25, -0.2) is 0 Å². The van der Waals surface area contributed by atoms with Crippen molar-refractivity contribution in [2.75, 3.05) is 11.9 Å². The van der Waals surface area contributed by atoms with Crippen LogP contribution in [-0.4, -0.2) is 29.3 Å². The van der Waals surface area contributed by atoms with Gasteiger partial charge >= 0.3 is 6.18 Å². The van der Waals surface area contributed by atoms with E-state index in [0.717, 1.165) is 30.7 Å². The summed E-state index contributed by atoms with van der Waals surface area (Å²) < 4.78 is 39.4. The van der Waals surface area contributed by atoms with Crippen LogP contribution in [0.1, 0.15) is 34.3 Å². The molecule has 0 radical (unpaired) electrons. The number of amides is 2. The quantitative estimate of drug-likeness (QED) is 0.820. The van der Waals surface area contributed by atoms with Crippen molar-refractivity contribution in [1.29, 1.82) is 0 Å². The Morgan fingerprint density at radius 2 is 1.89 bits per heavy atom. The number of halogens is 3. The molecule has 148 valence electrons. The van der Waals surface area contributed by atoms with E-state index in [1.54, 1.807) is 18.2 Å². The lowest BCUT2D eigenvalue weighted by Gasteiger charge is -2.22. The fourth-order valence-electron chi connectivity index (χ4n) is 3.45. The van der Waals surface area contributed by atoms with E-state index in [2.05, 4.69) is 5.32 Å². The molecular weight excluding hydrogens is 371 g/mol. The summed E-state index contributed by atoms with van der Waals surface area (Å²) in [6, 6.07) is 11.1. The zero-order valence-electron chi connectivity index (χ0n) is 15.0. The lowest BCUT2D eigenvalue weighted by molar-refractivity contribution is -0.137. The van der Waals surface area contributed by atoms with Crippen LogP contribution in [0.2, 0.25) is 0 Å². The maximum atomic E-state index is 13.1. The van der Waals surface area contributed by atoms with Gasteiger partial charge in [0.2, 0.25) is 5.91 Å². The zero-order valence-corrected chi connectivity index (χ0v) is 15.0. The van der Waals surface area contributed by atoms with Gasteiger partial charge in [0.25, 0.3) is 5.91 Å². The van der Waals surface area contributed by atoms with Gasteiger partial charge < -0.3 is 11.1 Å². The van der Waals surface area contributed by atoms with Crippen LogP contribution in [0.25, 0.3) is 0 Å². The molecule has 8 heteroatoms. The first-order valence-corrected chi connectivity index (χ1v) is 8.85. The van der Waals surface area contributed by atoms with E-state index < -0.39 is 23.2 Å². The summed E-state index contributed by atoms with van der Waals surface area (Å²) in [4.78, 5) is 25.9. The van der Waals surface area contributed by atoms with Gasteiger partial charge in [0.1, 0.15) is 0 Å². The first kappa shape index (κ1) is 19.9. The Morgan fingerprint density at radius 3 is 2.61 bits per heavy atom. The summed E-state index contributed by atoms with van der Waals surface area (Å²) in [6.45, 7) is 1.21. The van der Waals surface area contributed by atoms with E-state index in [-0.39, 0.29) is 11.9 Å². The molecule has 2 aromatic rings. The van der Waals surface area contributed by atoms with Gasteiger partial charge in [0, 0.05) is 12.2 Å². The molecule has 2 amide bonds. The van der Waals surface area contributed by atoms with E-state index >= 15 is 0 Å². The molecule has 1 unspecified atom stereocenters. The molecule has 0 aromatic heterocycles. The van der Waals surface area contributed by atoms with Gasteiger partial charge in [-0.3, -0.25) is 14.5 Å². The van der Waals surface area contributed by atoms with Crippen LogP contribution in [0.15, 0.2) is 48.5 Å². The molecular formula is C20H20F3N3O2. The number of carbonyl (C=O) groups is 2. The molecule has 1 saturated heterocycles. The average Bonchev–Trinajstić information content (AvgIpc) is 3.09. The molecule has 3 rings (SSSR count). The zero-order chi connectivity index (χ0) is 20.3. The Balaban J connectivity index is 1.75. The minimum atomic E-state index is -4.62. The number of benzene rings is 2. The Morgan fingerprint density at radius 1 is 1.14 bits per heavy atom. The van der Waals surface area contributed by atoms with Crippen molar-refractivity contribution in [2.24, 2.45) is 5.73 Å². The Bertz CT molecular complexity index is 883. The second-order valence-corrected chi connectivity index (χ2v) is 6.73. The molecule has 3 N–H and O–H groups in total. The van der Waals surface area contributed by atoms with E-state index in [1.165, 1.54) is 12.1 Å². The summed E-state index contributed by atoms with van der Waals surface area (Å²) in [7, 11) is 0. The van der Waals surface area contributed by atoms with Gasteiger partial charge in [0.05, 0.1) is 17.2 Å². The third kappa shape index (κ3) is 4.51. The highest BCUT2D eigenvalue weighted by Gasteiger charge is 2.35. The molecule has 1 aliphatic rings. The van der Waals surface area contributed by atoms with Crippen LogP contribution in [0.5, 0.6) is 0 Å². The molecule has 1 atom stereocenters. The summed E-state index contributed by atoms with van der Waals surface area (Å²) >= 11 is 0. The number of hydrogen-bond donors (Lipinski definition) is 2. The number of carbonyl (C=O) groups excluding carboxylic acids is 2. The Kier molecular flexibility index (Phi) is 5.69. The number of anilines is 1. The largest absolute Gasteiger partial charge is 0.417 e. The monoisotopic (exact) mass is 391 g/mol. The standard InChI is InChI=1S/C20H20F3N3O2/c21-20(22,23)16-8-2-1-7-15(16)19(28)25-14-6-3-5-13(11-14)12-26-10-4-9-17(26)18(24)27/h1-3,5-8,11,17H,4,9-10,12H2,(H2,24,27)(H,25,28). The van der Waals surface area contributed by atoms with Gasteiger partial charge in [-0.15, -0.1) is 0 Å². The number of nitrogens with one attached hydrogen (secondary N) is 1. The van der Waals surface area contributed by atoms with Crippen molar-refractivity contribution < 1.29 is 22.8 Å². The molecule has 0 spiro atoms. The summed E-state index contributed by atoms with van der Waals surface area (Å²) in [5.74, 6) is -1.20. The summed E-state index contributed by atoms with van der Waals surface area (Å²) in [5.41, 5.74) is 5.22. The first-order valence-electron chi connectivity index (χ1n) is 8.85. The molecule has 2 aromatic carbocycles. The van der Waals surface area contributed by atoms with Gasteiger partial charge in [-0.05, 0) is 49.2 Å². The second kappa shape index (κ2) is 8.02. The van der Waals surface area contributed by atoms with Gasteiger partial charge in [-0.2, -0.15) is 13.2 Å². The van der Waals surface area contributed by atoms with Crippen molar-refractivity contribution >= 4 is 17.5 Å². The molecule has 0 saturated carbocycles. The maximum Gasteiger partial charge on any atom is 0.417 e. The first-order chi connectivity index (χ1) is 13.3. The highest BCUT2D eigenvalue weighted by Crippen LogP contribution is 2.32. The number of nitrogens with zero attached hydrogens (tertiary/aromatic N) is 1. The van der Waals surface area contributed by atoms with E-state index in [1.807, 2.05) is 11.0 Å². The maximum absolute atomic E-state index is 13.1. The van der Waals surface area contributed by atoms with E-state index in [9.17, 15) is 22.8 Å². The number of nitrogens with two attached hydrogens (primary N) is 1. The van der Waals surface area contributed by atoms with Crippen LogP contribution in [0, 0.1) is 0 Å². The molecule has 0 aliphatic carbocycles. The minimum Gasteiger partial charge on any atom is -0.368 e. The number of likely N-dealkylation sites (tertiary alicyclic amines) is 1. The lowest BCUT2D eigenvalue weighted by atomic mass is 10.1. The SMILES string of the molecule is NC(=O)C1CCCN1Cc1cccc(NC(=O)c2ccccc2C(F)(F)F)c1.